The van der Waals surface area contributed by atoms with E-state index in [1.807, 2.05) is 6.07 Å². The highest BCUT2D eigenvalue weighted by Gasteiger charge is 2.25. The van der Waals surface area contributed by atoms with E-state index < -0.39 is 0 Å². The van der Waals surface area contributed by atoms with Gasteiger partial charge in [-0.1, -0.05) is 12.8 Å². The van der Waals surface area contributed by atoms with E-state index in [1.165, 1.54) is 12.8 Å². The van der Waals surface area contributed by atoms with Crippen LogP contribution in [0, 0.1) is 5.92 Å². The van der Waals surface area contributed by atoms with Crippen LogP contribution in [0.3, 0.4) is 0 Å². The van der Waals surface area contributed by atoms with Gasteiger partial charge in [0.15, 0.2) is 0 Å². The fraction of sp³-hybridized carbons (Fsp3) is 0.500. The van der Waals surface area contributed by atoms with Crippen molar-refractivity contribution < 1.29 is 0 Å². The quantitative estimate of drug-likeness (QED) is 0.869. The molecule has 1 atom stereocenters. The summed E-state index contributed by atoms with van der Waals surface area (Å²) < 4.78 is 0.873. The van der Waals surface area contributed by atoms with E-state index in [9.17, 15) is 4.79 Å². The van der Waals surface area contributed by atoms with Gasteiger partial charge in [0.25, 0.3) is 5.56 Å². The molecule has 2 rings (SSSR count). The molecule has 3 N–H and O–H groups in total. The molecule has 1 saturated carbocycles. The fourth-order valence-electron chi connectivity index (χ4n) is 1.59. The van der Waals surface area contributed by atoms with Crippen molar-refractivity contribution in [2.24, 2.45) is 11.7 Å². The molecule has 1 aliphatic carbocycles. The van der Waals surface area contributed by atoms with Gasteiger partial charge in [-0.3, -0.25) is 4.79 Å². The molecule has 0 spiro atoms. The van der Waals surface area contributed by atoms with Gasteiger partial charge in [0.05, 0.1) is 0 Å². The predicted molar refractivity (Wildman–Crippen MR) is 59.0 cm³/mol. The maximum absolute atomic E-state index is 11.5. The summed E-state index contributed by atoms with van der Waals surface area (Å²) in [5.74, 6) is 0.739. The highest BCUT2D eigenvalue weighted by atomic mass is 79.9. The summed E-state index contributed by atoms with van der Waals surface area (Å²) in [4.78, 5) is 14.1. The third-order valence-electron chi connectivity index (χ3n) is 2.58. The third-order valence-corrected chi connectivity index (χ3v) is 3.04. The second kappa shape index (κ2) is 3.87. The summed E-state index contributed by atoms with van der Waals surface area (Å²) in [6.45, 7) is 0. The Labute approximate surface area is 90.8 Å². The number of halogens is 1. The Morgan fingerprint density at radius 1 is 1.64 bits per heavy atom. The van der Waals surface area contributed by atoms with Gasteiger partial charge >= 0.3 is 0 Å². The molecule has 1 aromatic rings. The van der Waals surface area contributed by atoms with Crippen LogP contribution in [0.2, 0.25) is 0 Å². The van der Waals surface area contributed by atoms with Gasteiger partial charge < -0.3 is 10.7 Å². The summed E-state index contributed by atoms with van der Waals surface area (Å²) in [5.41, 5.74) is 6.58. The van der Waals surface area contributed by atoms with Crippen molar-refractivity contribution in [3.05, 3.63) is 32.7 Å². The maximum atomic E-state index is 11.5. The largest absolute Gasteiger partial charge is 0.328 e. The molecule has 0 radical (unpaired) electrons. The first-order valence-corrected chi connectivity index (χ1v) is 5.60. The highest BCUT2D eigenvalue weighted by Crippen LogP contribution is 2.36. The van der Waals surface area contributed by atoms with E-state index in [1.54, 1.807) is 6.20 Å². The number of nitrogens with two attached hydrogens (primary N) is 1. The number of hydrogen-bond acceptors (Lipinski definition) is 2. The normalized spacial score (nSPS) is 18.1. The van der Waals surface area contributed by atoms with Crippen molar-refractivity contribution >= 4 is 15.9 Å². The van der Waals surface area contributed by atoms with Crippen LogP contribution in [0.4, 0.5) is 0 Å². The molecule has 1 fully saturated rings. The van der Waals surface area contributed by atoms with Gasteiger partial charge in [-0.15, -0.1) is 0 Å². The monoisotopic (exact) mass is 256 g/mol. The Hall–Kier alpha value is -0.610. The summed E-state index contributed by atoms with van der Waals surface area (Å²) in [7, 11) is 0. The number of hydrogen-bond donors (Lipinski definition) is 2. The van der Waals surface area contributed by atoms with E-state index in [0.29, 0.717) is 5.56 Å². The molecule has 0 bridgehead atoms. The smallest absolute Gasteiger partial charge is 0.252 e. The molecule has 4 heteroatoms. The Balaban J connectivity index is 2.20. The van der Waals surface area contributed by atoms with E-state index in [2.05, 4.69) is 20.9 Å². The first-order valence-electron chi connectivity index (χ1n) is 4.80. The van der Waals surface area contributed by atoms with Crippen LogP contribution >= 0.6 is 15.9 Å². The lowest BCUT2D eigenvalue weighted by Gasteiger charge is -2.09. The van der Waals surface area contributed by atoms with Gasteiger partial charge in [-0.05, 0) is 34.3 Å². The molecular formula is C10H13BrN2O. The highest BCUT2D eigenvalue weighted by molar-refractivity contribution is 9.10. The minimum atomic E-state index is -0.122. The molecule has 0 saturated heterocycles. The zero-order chi connectivity index (χ0) is 10.1. The van der Waals surface area contributed by atoms with Crippen LogP contribution in [0.5, 0.6) is 0 Å². The number of aromatic amines is 1. The van der Waals surface area contributed by atoms with E-state index in [4.69, 9.17) is 5.73 Å². The molecule has 0 aliphatic heterocycles. The zero-order valence-electron chi connectivity index (χ0n) is 7.79. The van der Waals surface area contributed by atoms with Gasteiger partial charge in [0.2, 0.25) is 0 Å². The molecular weight excluding hydrogens is 244 g/mol. The first-order chi connectivity index (χ1) is 6.66. The van der Waals surface area contributed by atoms with Crippen LogP contribution in [-0.2, 0) is 0 Å². The summed E-state index contributed by atoms with van der Waals surface area (Å²) in [6.07, 6.45) is 5.09. The van der Waals surface area contributed by atoms with E-state index in [-0.39, 0.29) is 11.6 Å². The maximum Gasteiger partial charge on any atom is 0.252 e. The lowest BCUT2D eigenvalue weighted by atomic mass is 10.0. The second-order valence-electron chi connectivity index (χ2n) is 3.89. The summed E-state index contributed by atoms with van der Waals surface area (Å²) in [5, 5.41) is 0. The molecule has 76 valence electrons. The number of rotatable bonds is 3. The average molecular weight is 257 g/mol. The Kier molecular flexibility index (Phi) is 2.74. The van der Waals surface area contributed by atoms with Crippen LogP contribution < -0.4 is 11.3 Å². The Bertz CT molecular complexity index is 384. The number of H-pyrrole nitrogens is 1. The number of aromatic nitrogens is 1. The summed E-state index contributed by atoms with van der Waals surface area (Å²) in [6, 6.07) is 1.69. The third kappa shape index (κ3) is 2.25. The lowest BCUT2D eigenvalue weighted by Crippen LogP contribution is -2.21. The predicted octanol–water partition coefficient (Wildman–Crippen LogP) is 1.94. The lowest BCUT2D eigenvalue weighted by molar-refractivity contribution is 0.591. The molecule has 1 aromatic heterocycles. The molecule has 0 amide bonds. The van der Waals surface area contributed by atoms with Crippen molar-refractivity contribution in [2.45, 2.75) is 25.3 Å². The van der Waals surface area contributed by atoms with Crippen molar-refractivity contribution in [1.82, 2.24) is 4.98 Å². The zero-order valence-corrected chi connectivity index (χ0v) is 9.38. The molecule has 1 heterocycles. The van der Waals surface area contributed by atoms with Crippen molar-refractivity contribution in [1.29, 1.82) is 0 Å². The Morgan fingerprint density at radius 2 is 2.36 bits per heavy atom. The fourth-order valence-corrected chi connectivity index (χ4v) is 1.95. The standard InChI is InChI=1S/C10H13BrN2O/c11-7-4-8(10(14)13-5-7)9(12)3-6-1-2-6/h4-6,9H,1-3,12H2,(H,13,14). The minimum Gasteiger partial charge on any atom is -0.328 e. The van der Waals surface area contributed by atoms with Crippen LogP contribution in [-0.4, -0.2) is 4.98 Å². The molecule has 0 aromatic carbocycles. The van der Waals surface area contributed by atoms with Crippen LogP contribution in [0.15, 0.2) is 21.5 Å². The van der Waals surface area contributed by atoms with Crippen LogP contribution in [0.1, 0.15) is 30.9 Å². The number of nitrogens with one attached hydrogen (secondary N) is 1. The SMILES string of the molecule is NC(CC1CC1)c1cc(Br)c[nH]c1=O. The molecule has 14 heavy (non-hydrogen) atoms. The van der Waals surface area contributed by atoms with Gasteiger partial charge in [-0.2, -0.15) is 0 Å². The molecule has 1 aliphatic rings. The van der Waals surface area contributed by atoms with Gasteiger partial charge in [-0.25, -0.2) is 0 Å². The molecule has 1 unspecified atom stereocenters. The van der Waals surface area contributed by atoms with Crippen molar-refractivity contribution in [3.63, 3.8) is 0 Å². The topological polar surface area (TPSA) is 58.9 Å². The van der Waals surface area contributed by atoms with Crippen molar-refractivity contribution in [2.75, 3.05) is 0 Å². The van der Waals surface area contributed by atoms with Gasteiger partial charge in [0, 0.05) is 22.3 Å². The first kappa shape index (κ1) is 9.93. The van der Waals surface area contributed by atoms with Crippen LogP contribution in [0.25, 0.3) is 0 Å². The molecule has 3 nitrogen and oxygen atoms in total. The van der Waals surface area contributed by atoms with Crippen molar-refractivity contribution in [3.8, 4) is 0 Å². The van der Waals surface area contributed by atoms with E-state index in [0.717, 1.165) is 16.8 Å². The van der Waals surface area contributed by atoms with Gasteiger partial charge in [0.1, 0.15) is 0 Å². The Morgan fingerprint density at radius 3 is 3.00 bits per heavy atom. The second-order valence-corrected chi connectivity index (χ2v) is 4.80. The average Bonchev–Trinajstić information content (AvgIpc) is 2.93. The van der Waals surface area contributed by atoms with E-state index >= 15 is 0 Å². The minimum absolute atomic E-state index is 0.0682. The number of pyridine rings is 1. The summed E-state index contributed by atoms with van der Waals surface area (Å²) >= 11 is 3.32.